The maximum absolute atomic E-state index is 5.77. The van der Waals surface area contributed by atoms with Gasteiger partial charge < -0.3 is 11.1 Å². The van der Waals surface area contributed by atoms with E-state index < -0.39 is 0 Å². The molecular weight excluding hydrogens is 172 g/mol. The first-order chi connectivity index (χ1) is 6.74. The molecule has 1 rings (SSSR count). The number of nitrogens with two attached hydrogens (primary N) is 1. The SMILES string of the molecule is CC.CN/C=C(\N)c1cccc(C)c1. The van der Waals surface area contributed by atoms with Gasteiger partial charge in [0.05, 0.1) is 5.70 Å². The Morgan fingerprint density at radius 1 is 1.36 bits per heavy atom. The van der Waals surface area contributed by atoms with Gasteiger partial charge in [0.15, 0.2) is 0 Å². The number of benzene rings is 1. The highest BCUT2D eigenvalue weighted by atomic mass is 14.8. The second-order valence-corrected chi connectivity index (χ2v) is 2.76. The largest absolute Gasteiger partial charge is 0.397 e. The lowest BCUT2D eigenvalue weighted by Gasteiger charge is -2.02. The molecule has 2 heteroatoms. The highest BCUT2D eigenvalue weighted by Gasteiger charge is 1.94. The van der Waals surface area contributed by atoms with Gasteiger partial charge in [-0.25, -0.2) is 0 Å². The number of rotatable bonds is 2. The summed E-state index contributed by atoms with van der Waals surface area (Å²) in [5.74, 6) is 0. The summed E-state index contributed by atoms with van der Waals surface area (Å²) in [6.45, 7) is 6.05. The van der Waals surface area contributed by atoms with E-state index in [1.165, 1.54) is 5.56 Å². The summed E-state index contributed by atoms with van der Waals surface area (Å²) in [5, 5.41) is 2.90. The molecular formula is C12H20N2. The third kappa shape index (κ3) is 3.99. The standard InChI is InChI=1S/C10H14N2.C2H6/c1-8-4-3-5-9(6-8)10(11)7-12-2;1-2/h3-7,12H,11H2,1-2H3;1-2H3/b10-7-;. The van der Waals surface area contributed by atoms with Gasteiger partial charge in [-0.3, -0.25) is 0 Å². The minimum Gasteiger partial charge on any atom is -0.397 e. The number of hydrogen-bond donors (Lipinski definition) is 2. The minimum atomic E-state index is 0.765. The molecule has 0 saturated heterocycles. The van der Waals surface area contributed by atoms with Gasteiger partial charge in [0.25, 0.3) is 0 Å². The van der Waals surface area contributed by atoms with Gasteiger partial charge in [-0.15, -0.1) is 0 Å². The Morgan fingerprint density at radius 3 is 2.50 bits per heavy atom. The van der Waals surface area contributed by atoms with Crippen molar-refractivity contribution in [3.05, 3.63) is 41.6 Å². The van der Waals surface area contributed by atoms with Gasteiger partial charge in [0.2, 0.25) is 0 Å². The van der Waals surface area contributed by atoms with E-state index in [-0.39, 0.29) is 0 Å². The van der Waals surface area contributed by atoms with E-state index in [1.807, 2.05) is 33.0 Å². The van der Waals surface area contributed by atoms with Crippen LogP contribution in [0.15, 0.2) is 30.5 Å². The van der Waals surface area contributed by atoms with Crippen LogP contribution in [0.1, 0.15) is 25.0 Å². The fourth-order valence-corrected chi connectivity index (χ4v) is 1.06. The summed E-state index contributed by atoms with van der Waals surface area (Å²) in [6, 6.07) is 8.11. The molecule has 1 aromatic rings. The van der Waals surface area contributed by atoms with Crippen LogP contribution < -0.4 is 11.1 Å². The zero-order valence-electron chi connectivity index (χ0n) is 9.46. The predicted octanol–water partition coefficient (Wildman–Crippen LogP) is 2.50. The van der Waals surface area contributed by atoms with Crippen LogP contribution >= 0.6 is 0 Å². The molecule has 0 unspecified atom stereocenters. The van der Waals surface area contributed by atoms with E-state index in [1.54, 1.807) is 6.20 Å². The van der Waals surface area contributed by atoms with Crippen molar-refractivity contribution in [1.82, 2.24) is 5.32 Å². The van der Waals surface area contributed by atoms with Crippen LogP contribution in [0, 0.1) is 6.92 Å². The summed E-state index contributed by atoms with van der Waals surface area (Å²) >= 11 is 0. The molecule has 1 aromatic carbocycles. The zero-order valence-corrected chi connectivity index (χ0v) is 9.46. The van der Waals surface area contributed by atoms with Crippen molar-refractivity contribution in [2.24, 2.45) is 5.73 Å². The molecule has 0 amide bonds. The van der Waals surface area contributed by atoms with Crippen LogP contribution in [0.3, 0.4) is 0 Å². The second kappa shape index (κ2) is 7.01. The number of aryl methyl sites for hydroxylation is 1. The zero-order chi connectivity index (χ0) is 11.0. The molecule has 0 aliphatic rings. The monoisotopic (exact) mass is 192 g/mol. The van der Waals surface area contributed by atoms with E-state index >= 15 is 0 Å². The fraction of sp³-hybridized carbons (Fsp3) is 0.333. The van der Waals surface area contributed by atoms with Crippen molar-refractivity contribution in [2.75, 3.05) is 7.05 Å². The predicted molar refractivity (Wildman–Crippen MR) is 63.8 cm³/mol. The molecule has 0 fully saturated rings. The lowest BCUT2D eigenvalue weighted by Crippen LogP contribution is -2.03. The van der Waals surface area contributed by atoms with Crippen molar-refractivity contribution in [2.45, 2.75) is 20.8 Å². The Morgan fingerprint density at radius 2 is 2.00 bits per heavy atom. The number of hydrogen-bond acceptors (Lipinski definition) is 2. The maximum Gasteiger partial charge on any atom is 0.0547 e. The topological polar surface area (TPSA) is 38.0 Å². The molecule has 0 atom stereocenters. The Bertz CT molecular complexity index is 290. The lowest BCUT2D eigenvalue weighted by atomic mass is 10.1. The van der Waals surface area contributed by atoms with Crippen LogP contribution in [0.25, 0.3) is 5.70 Å². The van der Waals surface area contributed by atoms with Gasteiger partial charge in [0.1, 0.15) is 0 Å². The van der Waals surface area contributed by atoms with Crippen molar-refractivity contribution in [3.8, 4) is 0 Å². The summed E-state index contributed by atoms with van der Waals surface area (Å²) in [6.07, 6.45) is 1.79. The third-order valence-corrected chi connectivity index (χ3v) is 1.65. The Labute approximate surface area is 86.8 Å². The van der Waals surface area contributed by atoms with Crippen LogP contribution in [-0.4, -0.2) is 7.05 Å². The van der Waals surface area contributed by atoms with Crippen molar-refractivity contribution < 1.29 is 0 Å². The average Bonchev–Trinajstić information content (AvgIpc) is 2.21. The maximum atomic E-state index is 5.77. The molecule has 0 radical (unpaired) electrons. The molecule has 0 heterocycles. The van der Waals surface area contributed by atoms with Gasteiger partial charge in [0, 0.05) is 13.2 Å². The lowest BCUT2D eigenvalue weighted by molar-refractivity contribution is 1.10. The first-order valence-electron chi connectivity index (χ1n) is 4.94. The Kier molecular flexibility index (Phi) is 6.29. The van der Waals surface area contributed by atoms with E-state index in [9.17, 15) is 0 Å². The van der Waals surface area contributed by atoms with Crippen molar-refractivity contribution >= 4 is 5.70 Å². The Hall–Kier alpha value is -1.44. The van der Waals surface area contributed by atoms with E-state index in [4.69, 9.17) is 5.73 Å². The third-order valence-electron chi connectivity index (χ3n) is 1.65. The van der Waals surface area contributed by atoms with E-state index in [0.29, 0.717) is 0 Å². The van der Waals surface area contributed by atoms with Gasteiger partial charge >= 0.3 is 0 Å². The summed E-state index contributed by atoms with van der Waals surface area (Å²) < 4.78 is 0. The van der Waals surface area contributed by atoms with Gasteiger partial charge in [-0.05, 0) is 18.6 Å². The molecule has 0 aliphatic carbocycles. The molecule has 2 nitrogen and oxygen atoms in total. The molecule has 78 valence electrons. The normalized spacial score (nSPS) is 10.1. The van der Waals surface area contributed by atoms with Crippen LogP contribution in [0.5, 0.6) is 0 Å². The summed E-state index contributed by atoms with van der Waals surface area (Å²) in [5.41, 5.74) is 8.82. The summed E-state index contributed by atoms with van der Waals surface area (Å²) in [4.78, 5) is 0. The van der Waals surface area contributed by atoms with Crippen molar-refractivity contribution in [3.63, 3.8) is 0 Å². The summed E-state index contributed by atoms with van der Waals surface area (Å²) in [7, 11) is 1.84. The molecule has 0 spiro atoms. The first kappa shape index (κ1) is 12.6. The second-order valence-electron chi connectivity index (χ2n) is 2.76. The van der Waals surface area contributed by atoms with Crippen LogP contribution in [-0.2, 0) is 0 Å². The van der Waals surface area contributed by atoms with Gasteiger partial charge in [-0.2, -0.15) is 0 Å². The van der Waals surface area contributed by atoms with E-state index in [0.717, 1.165) is 11.3 Å². The quantitative estimate of drug-likeness (QED) is 0.755. The highest BCUT2D eigenvalue weighted by molar-refractivity contribution is 5.62. The van der Waals surface area contributed by atoms with E-state index in [2.05, 4.69) is 24.4 Å². The number of nitrogens with one attached hydrogen (secondary N) is 1. The van der Waals surface area contributed by atoms with Gasteiger partial charge in [-0.1, -0.05) is 37.6 Å². The highest BCUT2D eigenvalue weighted by Crippen LogP contribution is 2.09. The van der Waals surface area contributed by atoms with Crippen LogP contribution in [0.4, 0.5) is 0 Å². The molecule has 0 bridgehead atoms. The minimum absolute atomic E-state index is 0.765. The molecule has 3 N–H and O–H groups in total. The van der Waals surface area contributed by atoms with Crippen LogP contribution in [0.2, 0.25) is 0 Å². The molecule has 0 aliphatic heterocycles. The molecule has 0 aromatic heterocycles. The smallest absolute Gasteiger partial charge is 0.0547 e. The average molecular weight is 192 g/mol. The fourth-order valence-electron chi connectivity index (χ4n) is 1.06. The molecule has 14 heavy (non-hydrogen) atoms. The molecule has 0 saturated carbocycles. The Balaban J connectivity index is 0.000000791. The van der Waals surface area contributed by atoms with Crippen molar-refractivity contribution in [1.29, 1.82) is 0 Å². The first-order valence-corrected chi connectivity index (χ1v) is 4.94.